The minimum Gasteiger partial charge on any atom is -0.481 e. The molecule has 2 aromatic carbocycles. The van der Waals surface area contributed by atoms with Gasteiger partial charge in [0.05, 0.1) is 32.7 Å². The lowest BCUT2D eigenvalue weighted by atomic mass is 9.95. The number of likely N-dealkylation sites (tertiary alicyclic amines) is 1. The molecule has 0 aliphatic carbocycles. The zero-order chi connectivity index (χ0) is 38.6. The summed E-state index contributed by atoms with van der Waals surface area (Å²) >= 11 is 15.7. The molecule has 55 heavy (non-hydrogen) atoms. The standard InChI is InChI=1S/C39H39Cl2F2N7O4S/c1-21-15-29(48-38(54-39(42)43)27(21)18-44-17-23-10-11-31(51)46-23)26-8-2-6-24(34(26)40)25-7-3-9-28(35(25)41)47-37-36-30(12-13-45-37)55-32(49-36)20-50-14-4-5-22(19-50)16-33(52)53/h2-3,6-9,12-13,15,22-23,39,44H,4-5,10-11,14,16-20H2,1H3,(H,45,47)(H,46,51)(H,52,53)/t22-,23+/m1/s1. The molecular weight excluding hydrogens is 771 g/mol. The van der Waals surface area contributed by atoms with E-state index in [1.807, 2.05) is 30.3 Å². The Labute approximate surface area is 330 Å². The summed E-state index contributed by atoms with van der Waals surface area (Å²) in [5.41, 5.74) is 4.55. The van der Waals surface area contributed by atoms with Crippen LogP contribution in [0.3, 0.4) is 0 Å². The molecule has 0 unspecified atom stereocenters. The number of hydrogen-bond acceptors (Lipinski definition) is 10. The minimum atomic E-state index is -3.09. The monoisotopic (exact) mass is 809 g/mol. The van der Waals surface area contributed by atoms with Crippen molar-refractivity contribution >= 4 is 68.1 Å². The lowest BCUT2D eigenvalue weighted by Gasteiger charge is -2.31. The van der Waals surface area contributed by atoms with Crippen LogP contribution in [0, 0.1) is 12.8 Å². The number of carbonyl (C=O) groups is 2. The number of carboxylic acid groups (broad SMARTS) is 1. The second-order valence-corrected chi connectivity index (χ2v) is 15.7. The van der Waals surface area contributed by atoms with Crippen LogP contribution in [0.1, 0.15) is 48.2 Å². The van der Waals surface area contributed by atoms with Crippen LogP contribution in [0.5, 0.6) is 5.88 Å². The quantitative estimate of drug-likeness (QED) is 0.0864. The van der Waals surface area contributed by atoms with E-state index in [2.05, 4.69) is 30.8 Å². The number of benzene rings is 2. The summed E-state index contributed by atoms with van der Waals surface area (Å²) in [5.74, 6) is -0.302. The van der Waals surface area contributed by atoms with Gasteiger partial charge in [0, 0.05) is 67.0 Å². The molecule has 2 aliphatic heterocycles. The zero-order valence-corrected chi connectivity index (χ0v) is 32.2. The second kappa shape index (κ2) is 17.1. The van der Waals surface area contributed by atoms with E-state index in [1.165, 1.54) is 0 Å². The molecule has 288 valence electrons. The smallest absolute Gasteiger partial charge is 0.388 e. The first kappa shape index (κ1) is 38.8. The van der Waals surface area contributed by atoms with Gasteiger partial charge in [-0.2, -0.15) is 8.78 Å². The highest BCUT2D eigenvalue weighted by atomic mass is 35.5. The Balaban J connectivity index is 1.12. The van der Waals surface area contributed by atoms with Gasteiger partial charge in [0.25, 0.3) is 0 Å². The van der Waals surface area contributed by atoms with Gasteiger partial charge in [0.15, 0.2) is 5.82 Å². The molecule has 4 N–H and O–H groups in total. The highest BCUT2D eigenvalue weighted by Gasteiger charge is 2.25. The van der Waals surface area contributed by atoms with Crippen molar-refractivity contribution in [1.82, 2.24) is 30.5 Å². The number of anilines is 2. The highest BCUT2D eigenvalue weighted by Crippen LogP contribution is 2.43. The molecule has 11 nitrogen and oxygen atoms in total. The van der Waals surface area contributed by atoms with Crippen LogP contribution in [0.2, 0.25) is 10.0 Å². The van der Waals surface area contributed by atoms with Crippen LogP contribution in [0.25, 0.3) is 32.6 Å². The zero-order valence-electron chi connectivity index (χ0n) is 29.9. The molecule has 5 heterocycles. The van der Waals surface area contributed by atoms with Gasteiger partial charge in [-0.3, -0.25) is 14.5 Å². The second-order valence-electron chi connectivity index (χ2n) is 13.8. The van der Waals surface area contributed by atoms with E-state index in [1.54, 1.807) is 42.7 Å². The number of fused-ring (bicyclic) bond motifs is 1. The number of nitrogens with one attached hydrogen (secondary N) is 3. The number of rotatable bonds is 14. The van der Waals surface area contributed by atoms with Crippen molar-refractivity contribution in [2.75, 3.05) is 25.0 Å². The fraction of sp³-hybridized carbons (Fsp3) is 0.359. The average Bonchev–Trinajstić information content (AvgIpc) is 3.75. The first-order valence-corrected chi connectivity index (χ1v) is 19.6. The van der Waals surface area contributed by atoms with Gasteiger partial charge in [-0.15, -0.1) is 11.3 Å². The molecule has 2 fully saturated rings. The number of thiazole rings is 1. The van der Waals surface area contributed by atoms with Crippen molar-refractivity contribution in [2.45, 2.75) is 64.8 Å². The van der Waals surface area contributed by atoms with Crippen LogP contribution >= 0.6 is 34.5 Å². The number of aromatic nitrogens is 3. The van der Waals surface area contributed by atoms with Crippen molar-refractivity contribution in [1.29, 1.82) is 0 Å². The van der Waals surface area contributed by atoms with Crippen LogP contribution in [0.4, 0.5) is 20.3 Å². The summed E-state index contributed by atoms with van der Waals surface area (Å²) in [6, 6.07) is 14.6. The predicted octanol–water partition coefficient (Wildman–Crippen LogP) is 8.44. The Morgan fingerprint density at radius 1 is 1.11 bits per heavy atom. The predicted molar refractivity (Wildman–Crippen MR) is 210 cm³/mol. The minimum absolute atomic E-state index is 0.00130. The number of carbonyl (C=O) groups excluding carboxylic acids is 1. The van der Waals surface area contributed by atoms with Crippen LogP contribution in [-0.4, -0.2) is 69.1 Å². The third-order valence-corrected chi connectivity index (χ3v) is 11.7. The number of ether oxygens (including phenoxy) is 1. The number of carboxylic acids is 1. The maximum atomic E-state index is 13.6. The number of hydrogen-bond donors (Lipinski definition) is 4. The number of nitrogens with zero attached hydrogens (tertiary/aromatic N) is 4. The fourth-order valence-corrected chi connectivity index (χ4v) is 8.87. The van der Waals surface area contributed by atoms with E-state index in [0.717, 1.165) is 35.6 Å². The van der Waals surface area contributed by atoms with Gasteiger partial charge in [-0.05, 0) is 62.4 Å². The fourth-order valence-electron chi connectivity index (χ4n) is 7.27. The molecular formula is C39H39Cl2F2N7O4S. The van der Waals surface area contributed by atoms with Gasteiger partial charge in [-0.1, -0.05) is 53.5 Å². The van der Waals surface area contributed by atoms with Gasteiger partial charge in [-0.25, -0.2) is 15.0 Å². The highest BCUT2D eigenvalue weighted by molar-refractivity contribution is 7.18. The molecule has 0 bridgehead atoms. The van der Waals surface area contributed by atoms with Crippen molar-refractivity contribution in [3.8, 4) is 28.3 Å². The van der Waals surface area contributed by atoms with E-state index in [9.17, 15) is 23.5 Å². The molecule has 0 saturated carbocycles. The Hall–Kier alpha value is -4.47. The lowest BCUT2D eigenvalue weighted by Crippen LogP contribution is -2.35. The largest absolute Gasteiger partial charge is 0.481 e. The van der Waals surface area contributed by atoms with Crippen LogP contribution in [0.15, 0.2) is 54.7 Å². The van der Waals surface area contributed by atoms with Crippen molar-refractivity contribution in [3.63, 3.8) is 0 Å². The third kappa shape index (κ3) is 9.16. The number of aryl methyl sites for hydroxylation is 1. The molecule has 0 radical (unpaired) electrons. The molecule has 16 heteroatoms. The Bertz CT molecular complexity index is 2220. The van der Waals surface area contributed by atoms with E-state index < -0.39 is 12.6 Å². The summed E-state index contributed by atoms with van der Waals surface area (Å²) in [5, 5.41) is 20.4. The number of piperidine rings is 1. The molecule has 7 rings (SSSR count). The molecule has 1 amide bonds. The molecule has 0 spiro atoms. The van der Waals surface area contributed by atoms with Gasteiger partial charge < -0.3 is 25.8 Å². The van der Waals surface area contributed by atoms with Gasteiger partial charge in [0.2, 0.25) is 11.8 Å². The molecule has 2 atom stereocenters. The number of alkyl halides is 2. The average molecular weight is 811 g/mol. The Morgan fingerprint density at radius 3 is 2.65 bits per heavy atom. The van der Waals surface area contributed by atoms with Crippen molar-refractivity contribution in [2.24, 2.45) is 5.92 Å². The summed E-state index contributed by atoms with van der Waals surface area (Å²) in [7, 11) is 0. The maximum Gasteiger partial charge on any atom is 0.388 e. The van der Waals surface area contributed by atoms with Crippen molar-refractivity contribution in [3.05, 3.63) is 80.9 Å². The van der Waals surface area contributed by atoms with E-state index in [0.29, 0.717) is 86.5 Å². The Morgan fingerprint density at radius 2 is 1.89 bits per heavy atom. The third-order valence-electron chi connectivity index (χ3n) is 9.88. The lowest BCUT2D eigenvalue weighted by molar-refractivity contribution is -0.138. The summed E-state index contributed by atoms with van der Waals surface area (Å²) in [4.78, 5) is 39.1. The first-order valence-electron chi connectivity index (χ1n) is 18.0. The molecule has 3 aromatic heterocycles. The van der Waals surface area contributed by atoms with E-state index in [-0.39, 0.29) is 36.7 Å². The molecule has 5 aromatic rings. The van der Waals surface area contributed by atoms with Gasteiger partial charge in [0.1, 0.15) is 10.5 Å². The molecule has 2 saturated heterocycles. The SMILES string of the molecule is Cc1cc(-c2cccc(-c3cccc(Nc4nccc5sc(CN6CCC[C@H](CC(=O)O)C6)nc45)c3Cl)c2Cl)nc(OC(F)F)c1CNC[C@@H]1CCC(=O)N1. The number of pyridine rings is 2. The first-order chi connectivity index (χ1) is 26.5. The summed E-state index contributed by atoms with van der Waals surface area (Å²) in [6.45, 7) is 1.66. The van der Waals surface area contributed by atoms with E-state index in [4.69, 9.17) is 32.9 Å². The number of aliphatic carboxylic acids is 1. The van der Waals surface area contributed by atoms with E-state index >= 15 is 0 Å². The topological polar surface area (TPSA) is 142 Å². The normalized spacial score (nSPS) is 17.5. The maximum absolute atomic E-state index is 13.6. The van der Waals surface area contributed by atoms with Crippen molar-refractivity contribution < 1.29 is 28.2 Å². The number of halogens is 4. The Kier molecular flexibility index (Phi) is 12.1. The van der Waals surface area contributed by atoms with Gasteiger partial charge >= 0.3 is 12.6 Å². The molecule has 2 aliphatic rings. The summed E-state index contributed by atoms with van der Waals surface area (Å²) < 4.78 is 33.1. The number of amides is 1. The van der Waals surface area contributed by atoms with Crippen LogP contribution < -0.4 is 20.7 Å². The summed E-state index contributed by atoms with van der Waals surface area (Å²) in [6.07, 6.45) is 4.93. The van der Waals surface area contributed by atoms with Crippen LogP contribution in [-0.2, 0) is 22.7 Å².